The van der Waals surface area contributed by atoms with Crippen LogP contribution in [0, 0.1) is 0 Å². The molecule has 7 nitrogen and oxygen atoms in total. The van der Waals surface area contributed by atoms with Gasteiger partial charge in [-0.25, -0.2) is 8.42 Å². The van der Waals surface area contributed by atoms with Crippen LogP contribution in [0.2, 0.25) is 0 Å². The molecule has 2 atom stereocenters. The number of morpholine rings is 1. The van der Waals surface area contributed by atoms with E-state index in [9.17, 15) is 13.5 Å². The van der Waals surface area contributed by atoms with Gasteiger partial charge in [-0.15, -0.1) is 0 Å². The van der Waals surface area contributed by atoms with Crippen molar-refractivity contribution in [2.24, 2.45) is 0 Å². The summed E-state index contributed by atoms with van der Waals surface area (Å²) in [6.45, 7) is 4.31. The van der Waals surface area contributed by atoms with E-state index in [1.54, 1.807) is 24.3 Å². The summed E-state index contributed by atoms with van der Waals surface area (Å²) in [4.78, 5) is 1.59. The number of nitrogens with one attached hydrogen (secondary N) is 1. The van der Waals surface area contributed by atoms with E-state index >= 15 is 0 Å². The van der Waals surface area contributed by atoms with Crippen molar-refractivity contribution in [1.29, 1.82) is 0 Å². The Morgan fingerprint density at radius 2 is 1.77 bits per heavy atom. The average Bonchev–Trinajstić information content (AvgIpc) is 2.78. The Morgan fingerprint density at radius 3 is 2.50 bits per heavy atom. The average molecular weight is 434 g/mol. The Balaban J connectivity index is 1.28. The van der Waals surface area contributed by atoms with E-state index < -0.39 is 16.1 Å². The summed E-state index contributed by atoms with van der Waals surface area (Å²) in [7, 11) is -3.51. The zero-order chi connectivity index (χ0) is 21.0. The third kappa shape index (κ3) is 5.01. The van der Waals surface area contributed by atoms with Gasteiger partial charge >= 0.3 is 0 Å². The molecule has 0 amide bonds. The van der Waals surface area contributed by atoms with E-state index in [1.165, 1.54) is 20.3 Å². The number of quaternary nitrogens is 1. The van der Waals surface area contributed by atoms with E-state index in [2.05, 4.69) is 24.3 Å². The maximum Gasteiger partial charge on any atom is 0.243 e. The standard InChI is InChI=1S/C22H28N2O5S/c25-20(16-23-10-9-18-3-1-2-4-19(18)15-23)17-29-21-5-7-22(8-6-21)30(26,27)24-11-13-28-14-12-24/h1-8,20,25H,9-17H2/p+1/t20-/m1/s1. The first kappa shape index (κ1) is 21.3. The van der Waals surface area contributed by atoms with Crippen molar-refractivity contribution in [2.75, 3.05) is 46.0 Å². The molecule has 2 N–H and O–H groups in total. The maximum absolute atomic E-state index is 12.7. The first-order valence-electron chi connectivity index (χ1n) is 10.4. The van der Waals surface area contributed by atoms with E-state index in [0.717, 1.165) is 19.5 Å². The fourth-order valence-electron chi connectivity index (χ4n) is 4.05. The highest BCUT2D eigenvalue weighted by Gasteiger charge is 2.26. The summed E-state index contributed by atoms with van der Waals surface area (Å²) in [5, 5.41) is 10.4. The van der Waals surface area contributed by atoms with Gasteiger partial charge < -0.3 is 19.5 Å². The third-order valence-electron chi connectivity index (χ3n) is 5.70. The van der Waals surface area contributed by atoms with Crippen LogP contribution >= 0.6 is 0 Å². The number of fused-ring (bicyclic) bond motifs is 1. The van der Waals surface area contributed by atoms with Gasteiger partial charge in [-0.1, -0.05) is 24.3 Å². The summed E-state index contributed by atoms with van der Waals surface area (Å²) >= 11 is 0. The molecule has 1 fully saturated rings. The number of aliphatic hydroxyl groups is 1. The van der Waals surface area contributed by atoms with Gasteiger partial charge in [0.1, 0.15) is 31.5 Å². The highest BCUT2D eigenvalue weighted by Crippen LogP contribution is 2.20. The molecule has 2 aliphatic rings. The predicted molar refractivity (Wildman–Crippen MR) is 112 cm³/mol. The number of sulfonamides is 1. The molecule has 1 saturated heterocycles. The minimum atomic E-state index is -3.51. The Morgan fingerprint density at radius 1 is 1.07 bits per heavy atom. The second-order valence-electron chi connectivity index (χ2n) is 7.85. The normalized spacial score (nSPS) is 21.0. The van der Waals surface area contributed by atoms with Gasteiger partial charge in [0.05, 0.1) is 24.7 Å². The Bertz CT molecular complexity index is 942. The van der Waals surface area contributed by atoms with Gasteiger partial charge in [0.15, 0.2) is 0 Å². The zero-order valence-electron chi connectivity index (χ0n) is 17.0. The lowest BCUT2D eigenvalue weighted by Gasteiger charge is -2.27. The lowest BCUT2D eigenvalue weighted by molar-refractivity contribution is -0.918. The lowest BCUT2D eigenvalue weighted by atomic mass is 10.00. The number of ether oxygens (including phenoxy) is 2. The first-order chi connectivity index (χ1) is 14.5. The zero-order valence-corrected chi connectivity index (χ0v) is 17.8. The first-order valence-corrected chi connectivity index (χ1v) is 11.9. The second kappa shape index (κ2) is 9.45. The third-order valence-corrected chi connectivity index (χ3v) is 7.62. The Kier molecular flexibility index (Phi) is 6.70. The van der Waals surface area contributed by atoms with Crippen molar-refractivity contribution in [3.63, 3.8) is 0 Å². The Hall–Kier alpha value is -1.97. The van der Waals surface area contributed by atoms with Gasteiger partial charge in [0, 0.05) is 25.1 Å². The smallest absolute Gasteiger partial charge is 0.243 e. The number of nitrogens with zero attached hydrogens (tertiary/aromatic N) is 1. The van der Waals surface area contributed by atoms with Crippen LogP contribution in [0.5, 0.6) is 5.75 Å². The molecule has 2 heterocycles. The Labute approximate surface area is 177 Å². The fourth-order valence-corrected chi connectivity index (χ4v) is 5.45. The van der Waals surface area contributed by atoms with Crippen LogP contribution in [-0.2, 0) is 27.7 Å². The van der Waals surface area contributed by atoms with Gasteiger partial charge in [0.25, 0.3) is 0 Å². The molecule has 0 spiro atoms. The molecule has 4 rings (SSSR count). The topological polar surface area (TPSA) is 80.5 Å². The van der Waals surface area contributed by atoms with Crippen molar-refractivity contribution >= 4 is 10.0 Å². The SMILES string of the molecule is O=S(=O)(c1ccc(OC[C@H](O)C[NH+]2CCc3ccccc3C2)cc1)N1CCOCC1. The lowest BCUT2D eigenvalue weighted by Crippen LogP contribution is -3.13. The molecule has 2 aromatic carbocycles. The number of hydrogen-bond acceptors (Lipinski definition) is 5. The van der Waals surface area contributed by atoms with Gasteiger partial charge in [0.2, 0.25) is 10.0 Å². The number of hydrogen-bond donors (Lipinski definition) is 2. The van der Waals surface area contributed by atoms with Crippen molar-refractivity contribution < 1.29 is 27.9 Å². The highest BCUT2D eigenvalue weighted by atomic mass is 32.2. The molecule has 0 bridgehead atoms. The summed E-state index contributed by atoms with van der Waals surface area (Å²) in [5.74, 6) is 0.550. The molecule has 0 saturated carbocycles. The van der Waals surface area contributed by atoms with Crippen LogP contribution in [0.1, 0.15) is 11.1 Å². The monoisotopic (exact) mass is 433 g/mol. The van der Waals surface area contributed by atoms with Crippen LogP contribution in [0.3, 0.4) is 0 Å². The molecule has 2 aromatic rings. The molecule has 0 radical (unpaired) electrons. The number of rotatable bonds is 7. The second-order valence-corrected chi connectivity index (χ2v) is 9.79. The molecule has 0 aromatic heterocycles. The largest absolute Gasteiger partial charge is 0.491 e. The van der Waals surface area contributed by atoms with Crippen LogP contribution in [0.25, 0.3) is 0 Å². The van der Waals surface area contributed by atoms with Gasteiger partial charge in [-0.2, -0.15) is 4.31 Å². The predicted octanol–water partition coefficient (Wildman–Crippen LogP) is 0.0884. The van der Waals surface area contributed by atoms with Crippen LogP contribution in [0.4, 0.5) is 0 Å². The molecular formula is C22H29N2O5S+. The number of aliphatic hydroxyl groups excluding tert-OH is 1. The minimum Gasteiger partial charge on any atom is -0.491 e. The van der Waals surface area contributed by atoms with Crippen molar-refractivity contribution in [1.82, 2.24) is 4.31 Å². The van der Waals surface area contributed by atoms with E-state index in [-0.39, 0.29) is 11.5 Å². The van der Waals surface area contributed by atoms with Crippen molar-refractivity contribution in [2.45, 2.75) is 24.0 Å². The maximum atomic E-state index is 12.7. The number of benzene rings is 2. The van der Waals surface area contributed by atoms with Gasteiger partial charge in [-0.05, 0) is 29.8 Å². The molecule has 2 aliphatic heterocycles. The van der Waals surface area contributed by atoms with Gasteiger partial charge in [-0.3, -0.25) is 0 Å². The van der Waals surface area contributed by atoms with E-state index in [0.29, 0.717) is 38.6 Å². The summed E-state index contributed by atoms with van der Waals surface area (Å²) in [5.41, 5.74) is 2.75. The van der Waals surface area contributed by atoms with Crippen LogP contribution in [0.15, 0.2) is 53.4 Å². The summed E-state index contributed by atoms with van der Waals surface area (Å²) in [6, 6.07) is 14.9. The highest BCUT2D eigenvalue weighted by molar-refractivity contribution is 7.89. The van der Waals surface area contributed by atoms with Crippen LogP contribution < -0.4 is 9.64 Å². The molecule has 30 heavy (non-hydrogen) atoms. The van der Waals surface area contributed by atoms with Crippen molar-refractivity contribution in [3.05, 3.63) is 59.7 Å². The summed E-state index contributed by atoms with van der Waals surface area (Å²) < 4.78 is 37.7. The molecule has 1 unspecified atom stereocenters. The summed E-state index contributed by atoms with van der Waals surface area (Å²) in [6.07, 6.45) is 0.444. The van der Waals surface area contributed by atoms with E-state index in [1.807, 2.05) is 0 Å². The molecule has 162 valence electrons. The van der Waals surface area contributed by atoms with Crippen LogP contribution in [-0.4, -0.2) is 69.9 Å². The quantitative estimate of drug-likeness (QED) is 0.647. The molecular weight excluding hydrogens is 404 g/mol. The van der Waals surface area contributed by atoms with Crippen molar-refractivity contribution in [3.8, 4) is 5.75 Å². The fraction of sp³-hybridized carbons (Fsp3) is 0.455. The molecule has 8 heteroatoms. The minimum absolute atomic E-state index is 0.181. The van der Waals surface area contributed by atoms with E-state index in [4.69, 9.17) is 9.47 Å². The molecule has 0 aliphatic carbocycles.